The van der Waals surface area contributed by atoms with Crippen molar-refractivity contribution in [3.05, 3.63) is 29.8 Å². The molecule has 31 heavy (non-hydrogen) atoms. The van der Waals surface area contributed by atoms with Crippen LogP contribution in [0, 0.1) is 23.2 Å². The average molecular weight is 425 g/mol. The van der Waals surface area contributed by atoms with Crippen LogP contribution in [0.5, 0.6) is 5.75 Å². The standard InChI is InChI=1S/C27H40N2O2/c1-28(11-9-27-16-21-12-22(17-27)14-23(13-21)18-27)24-6-7-26(30)29(10-8-24)19-20-4-3-5-25(15-20)31-2/h3-5,15,21-24H,6-14,16-19H2,1-2H3. The molecular formula is C27H40N2O2. The van der Waals surface area contributed by atoms with Gasteiger partial charge in [-0.15, -0.1) is 0 Å². The first-order chi connectivity index (χ1) is 15.0. The second-order valence-corrected chi connectivity index (χ2v) is 11.3. The van der Waals surface area contributed by atoms with Gasteiger partial charge in [-0.05, 0) is 112 Å². The first kappa shape index (κ1) is 21.3. The van der Waals surface area contributed by atoms with Crippen LogP contribution in [0.15, 0.2) is 24.3 Å². The van der Waals surface area contributed by atoms with Crippen molar-refractivity contribution < 1.29 is 9.53 Å². The molecule has 6 rings (SSSR count). The van der Waals surface area contributed by atoms with Crippen molar-refractivity contribution in [3.63, 3.8) is 0 Å². The lowest BCUT2D eigenvalue weighted by Gasteiger charge is -2.57. The second-order valence-electron chi connectivity index (χ2n) is 11.3. The van der Waals surface area contributed by atoms with Gasteiger partial charge in [-0.3, -0.25) is 4.79 Å². The Kier molecular flexibility index (Phi) is 6.02. The molecule has 1 aromatic carbocycles. The molecule has 1 amide bonds. The molecule has 4 aliphatic carbocycles. The Bertz CT molecular complexity index is 756. The van der Waals surface area contributed by atoms with E-state index in [0.29, 0.717) is 30.3 Å². The highest BCUT2D eigenvalue weighted by molar-refractivity contribution is 5.76. The summed E-state index contributed by atoms with van der Waals surface area (Å²) in [5.41, 5.74) is 1.81. The molecule has 1 unspecified atom stereocenters. The Morgan fingerprint density at radius 3 is 2.48 bits per heavy atom. The Hall–Kier alpha value is -1.55. The number of carbonyl (C=O) groups is 1. The lowest BCUT2D eigenvalue weighted by Crippen LogP contribution is -2.47. The van der Waals surface area contributed by atoms with Gasteiger partial charge in [0.15, 0.2) is 0 Å². The van der Waals surface area contributed by atoms with Gasteiger partial charge in [-0.25, -0.2) is 0 Å². The third-order valence-electron chi connectivity index (χ3n) is 9.07. The Balaban J connectivity index is 1.15. The van der Waals surface area contributed by atoms with Crippen LogP contribution < -0.4 is 4.74 Å². The SMILES string of the molecule is COc1cccc(CN2CCC(N(C)CCC34CC5CC(CC(C5)C3)C4)CCC2=O)c1. The molecule has 5 fully saturated rings. The fourth-order valence-corrected chi connectivity index (χ4v) is 7.81. The van der Waals surface area contributed by atoms with E-state index >= 15 is 0 Å². The van der Waals surface area contributed by atoms with Crippen LogP contribution in [-0.2, 0) is 11.3 Å². The molecule has 0 spiro atoms. The fraction of sp³-hybridized carbons (Fsp3) is 0.741. The quantitative estimate of drug-likeness (QED) is 0.609. The number of hydrogen-bond donors (Lipinski definition) is 0. The normalized spacial score (nSPS) is 34.9. The molecular weight excluding hydrogens is 384 g/mol. The summed E-state index contributed by atoms with van der Waals surface area (Å²) in [6.45, 7) is 2.77. The van der Waals surface area contributed by atoms with E-state index in [1.165, 1.54) is 51.5 Å². The topological polar surface area (TPSA) is 32.8 Å². The highest BCUT2D eigenvalue weighted by Gasteiger charge is 2.50. The molecule has 1 heterocycles. The van der Waals surface area contributed by atoms with Crippen molar-refractivity contribution in [2.75, 3.05) is 27.2 Å². The lowest BCUT2D eigenvalue weighted by molar-refractivity contribution is -0.131. The zero-order chi connectivity index (χ0) is 21.4. The molecule has 4 heteroatoms. The summed E-state index contributed by atoms with van der Waals surface area (Å²) in [5, 5.41) is 0. The van der Waals surface area contributed by atoms with E-state index in [4.69, 9.17) is 4.74 Å². The predicted octanol–water partition coefficient (Wildman–Crippen LogP) is 5.11. The van der Waals surface area contributed by atoms with Crippen molar-refractivity contribution in [1.29, 1.82) is 0 Å². The summed E-state index contributed by atoms with van der Waals surface area (Å²) in [7, 11) is 4.01. The molecule has 1 aromatic rings. The van der Waals surface area contributed by atoms with Crippen molar-refractivity contribution >= 4 is 5.91 Å². The number of ether oxygens (including phenoxy) is 1. The van der Waals surface area contributed by atoms with Crippen molar-refractivity contribution in [3.8, 4) is 5.75 Å². The van der Waals surface area contributed by atoms with Crippen molar-refractivity contribution in [2.45, 2.75) is 76.8 Å². The highest BCUT2D eigenvalue weighted by Crippen LogP contribution is 2.61. The van der Waals surface area contributed by atoms with Gasteiger partial charge in [0.25, 0.3) is 0 Å². The Morgan fingerprint density at radius 2 is 1.81 bits per heavy atom. The molecule has 5 aliphatic rings. The summed E-state index contributed by atoms with van der Waals surface area (Å²) in [6, 6.07) is 8.65. The number of amides is 1. The summed E-state index contributed by atoms with van der Waals surface area (Å²) < 4.78 is 5.35. The third kappa shape index (κ3) is 4.65. The molecule has 1 aliphatic heterocycles. The Labute approximate surface area is 188 Å². The van der Waals surface area contributed by atoms with E-state index in [-0.39, 0.29) is 0 Å². The number of rotatable bonds is 7. The zero-order valence-corrected chi connectivity index (χ0v) is 19.5. The average Bonchev–Trinajstić information content (AvgIpc) is 2.93. The van der Waals surface area contributed by atoms with E-state index in [2.05, 4.69) is 22.9 Å². The maximum atomic E-state index is 12.8. The first-order valence-corrected chi connectivity index (χ1v) is 12.6. The molecule has 0 N–H and O–H groups in total. The molecule has 4 bridgehead atoms. The fourth-order valence-electron chi connectivity index (χ4n) is 7.81. The van der Waals surface area contributed by atoms with Crippen LogP contribution in [0.25, 0.3) is 0 Å². The maximum absolute atomic E-state index is 12.8. The largest absolute Gasteiger partial charge is 0.497 e. The van der Waals surface area contributed by atoms with Gasteiger partial charge in [0.05, 0.1) is 7.11 Å². The monoisotopic (exact) mass is 424 g/mol. The van der Waals surface area contributed by atoms with Crippen LogP contribution in [-0.4, -0.2) is 49.0 Å². The summed E-state index contributed by atoms with van der Waals surface area (Å²) in [4.78, 5) is 17.5. The molecule has 0 aromatic heterocycles. The number of benzene rings is 1. The first-order valence-electron chi connectivity index (χ1n) is 12.6. The van der Waals surface area contributed by atoms with E-state index < -0.39 is 0 Å². The zero-order valence-electron chi connectivity index (χ0n) is 19.5. The number of likely N-dealkylation sites (tertiary alicyclic amines) is 1. The van der Waals surface area contributed by atoms with Crippen molar-refractivity contribution in [2.24, 2.45) is 23.2 Å². The molecule has 170 valence electrons. The van der Waals surface area contributed by atoms with Crippen LogP contribution in [0.3, 0.4) is 0 Å². The predicted molar refractivity (Wildman–Crippen MR) is 124 cm³/mol. The minimum atomic E-state index is 0.305. The molecule has 1 saturated heterocycles. The summed E-state index contributed by atoms with van der Waals surface area (Å²) >= 11 is 0. The third-order valence-corrected chi connectivity index (χ3v) is 9.07. The number of methoxy groups -OCH3 is 1. The minimum Gasteiger partial charge on any atom is -0.497 e. The number of hydrogen-bond acceptors (Lipinski definition) is 3. The minimum absolute atomic E-state index is 0.305. The van der Waals surface area contributed by atoms with Crippen molar-refractivity contribution in [1.82, 2.24) is 9.80 Å². The van der Waals surface area contributed by atoms with Crippen LogP contribution in [0.1, 0.15) is 69.8 Å². The van der Waals surface area contributed by atoms with E-state index in [0.717, 1.165) is 48.5 Å². The molecule has 1 atom stereocenters. The van der Waals surface area contributed by atoms with Gasteiger partial charge in [0, 0.05) is 25.6 Å². The van der Waals surface area contributed by atoms with E-state index in [9.17, 15) is 4.79 Å². The van der Waals surface area contributed by atoms with Gasteiger partial charge in [0.1, 0.15) is 5.75 Å². The number of nitrogens with zero attached hydrogens (tertiary/aromatic N) is 2. The molecule has 4 saturated carbocycles. The highest BCUT2D eigenvalue weighted by atomic mass is 16.5. The second kappa shape index (κ2) is 8.77. The Morgan fingerprint density at radius 1 is 1.10 bits per heavy atom. The summed E-state index contributed by atoms with van der Waals surface area (Å²) in [5.74, 6) is 4.29. The van der Waals surface area contributed by atoms with Gasteiger partial charge in [-0.2, -0.15) is 0 Å². The maximum Gasteiger partial charge on any atom is 0.222 e. The van der Waals surface area contributed by atoms with Crippen LogP contribution in [0.4, 0.5) is 0 Å². The molecule has 4 nitrogen and oxygen atoms in total. The van der Waals surface area contributed by atoms with Crippen LogP contribution in [0.2, 0.25) is 0 Å². The number of carbonyl (C=O) groups excluding carboxylic acids is 1. The van der Waals surface area contributed by atoms with Gasteiger partial charge in [0.2, 0.25) is 5.91 Å². The van der Waals surface area contributed by atoms with E-state index in [1.807, 2.05) is 18.2 Å². The smallest absolute Gasteiger partial charge is 0.222 e. The van der Waals surface area contributed by atoms with Gasteiger partial charge in [-0.1, -0.05) is 12.1 Å². The molecule has 0 radical (unpaired) electrons. The van der Waals surface area contributed by atoms with E-state index in [1.54, 1.807) is 7.11 Å². The van der Waals surface area contributed by atoms with Gasteiger partial charge < -0.3 is 14.5 Å². The lowest BCUT2D eigenvalue weighted by atomic mass is 9.49. The van der Waals surface area contributed by atoms with Gasteiger partial charge >= 0.3 is 0 Å². The van der Waals surface area contributed by atoms with Crippen LogP contribution >= 0.6 is 0 Å². The summed E-state index contributed by atoms with van der Waals surface area (Å²) in [6.07, 6.45) is 13.3.